The van der Waals surface area contributed by atoms with Gasteiger partial charge in [0, 0.05) is 12.1 Å². The quantitative estimate of drug-likeness (QED) is 0.342. The lowest BCUT2D eigenvalue weighted by Gasteiger charge is -2.35. The van der Waals surface area contributed by atoms with Crippen molar-refractivity contribution in [3.8, 4) is 0 Å². The smallest absolute Gasteiger partial charge is 0.259 e. The number of hydrogen-bond acceptors (Lipinski definition) is 2. The van der Waals surface area contributed by atoms with Gasteiger partial charge < -0.3 is 10.6 Å². The number of halogens is 4. The minimum absolute atomic E-state index is 0.140. The van der Waals surface area contributed by atoms with Crippen LogP contribution in [0.2, 0.25) is 0 Å². The number of benzene rings is 4. The lowest BCUT2D eigenvalue weighted by molar-refractivity contribution is -0.119. The summed E-state index contributed by atoms with van der Waals surface area (Å²) in [5.41, 5.74) is -1.31. The molecule has 166 valence electrons. The van der Waals surface area contributed by atoms with Crippen LogP contribution < -0.4 is 10.6 Å². The fourth-order valence-corrected chi connectivity index (χ4v) is 3.61. The predicted molar refractivity (Wildman–Crippen MR) is 119 cm³/mol. The van der Waals surface area contributed by atoms with E-state index in [2.05, 4.69) is 10.6 Å². The van der Waals surface area contributed by atoms with Crippen molar-refractivity contribution in [1.82, 2.24) is 0 Å². The number of rotatable bonds is 6. The second kappa shape index (κ2) is 9.16. The summed E-state index contributed by atoms with van der Waals surface area (Å²) in [7, 11) is 0. The van der Waals surface area contributed by atoms with Gasteiger partial charge in [-0.25, -0.2) is 17.6 Å². The van der Waals surface area contributed by atoms with Crippen molar-refractivity contribution in [2.75, 3.05) is 10.6 Å². The van der Waals surface area contributed by atoms with Crippen LogP contribution in [-0.2, 0) is 10.3 Å². The van der Waals surface area contributed by atoms with E-state index >= 15 is 0 Å². The van der Waals surface area contributed by atoms with Gasteiger partial charge in [-0.2, -0.15) is 0 Å². The highest BCUT2D eigenvalue weighted by Gasteiger charge is 2.43. The summed E-state index contributed by atoms with van der Waals surface area (Å²) in [5.74, 6) is -4.21. The molecule has 4 aromatic carbocycles. The molecule has 2 N–H and O–H groups in total. The molecule has 0 radical (unpaired) electrons. The maximum absolute atomic E-state index is 14.7. The van der Waals surface area contributed by atoms with E-state index in [-0.39, 0.29) is 11.4 Å². The van der Waals surface area contributed by atoms with E-state index in [4.69, 9.17) is 0 Å². The summed E-state index contributed by atoms with van der Waals surface area (Å²) in [4.78, 5) is 13.8. The van der Waals surface area contributed by atoms with Gasteiger partial charge in [-0.15, -0.1) is 0 Å². The zero-order chi connectivity index (χ0) is 23.4. The highest BCUT2D eigenvalue weighted by molar-refractivity contribution is 6.03. The summed E-state index contributed by atoms with van der Waals surface area (Å²) < 4.78 is 55.9. The molecule has 33 heavy (non-hydrogen) atoms. The molecule has 0 unspecified atom stereocenters. The number of amides is 1. The van der Waals surface area contributed by atoms with Crippen molar-refractivity contribution in [3.63, 3.8) is 0 Å². The Bertz CT molecular complexity index is 1240. The first-order valence-electron chi connectivity index (χ1n) is 10.0. The second-order valence-electron chi connectivity index (χ2n) is 7.31. The number of carbonyl (C=O) groups is 1. The average Bonchev–Trinajstić information content (AvgIpc) is 2.81. The van der Waals surface area contributed by atoms with Gasteiger partial charge in [0.25, 0.3) is 5.91 Å². The minimum Gasteiger partial charge on any atom is -0.362 e. The maximum Gasteiger partial charge on any atom is 0.259 e. The van der Waals surface area contributed by atoms with Crippen LogP contribution >= 0.6 is 0 Å². The van der Waals surface area contributed by atoms with E-state index in [1.807, 2.05) is 0 Å². The monoisotopic (exact) mass is 450 g/mol. The Hall–Kier alpha value is -4.13. The molecule has 0 heterocycles. The highest BCUT2D eigenvalue weighted by atomic mass is 19.1. The lowest BCUT2D eigenvalue weighted by atomic mass is 9.81. The summed E-state index contributed by atoms with van der Waals surface area (Å²) in [6.07, 6.45) is 0. The minimum atomic E-state index is -1.75. The second-order valence-corrected chi connectivity index (χ2v) is 7.31. The maximum atomic E-state index is 14.7. The third-order valence-electron chi connectivity index (χ3n) is 5.19. The number of hydrogen-bond donors (Lipinski definition) is 2. The summed E-state index contributed by atoms with van der Waals surface area (Å²) >= 11 is 0. The summed E-state index contributed by atoms with van der Waals surface area (Å²) in [6.45, 7) is 0. The SMILES string of the molecule is O=C(Nc1ccc(F)cc1F)C(Nc1ccc(F)cc1F)(c1ccccc1)c1ccccc1. The Labute approximate surface area is 187 Å². The molecule has 7 heteroatoms. The largest absolute Gasteiger partial charge is 0.362 e. The molecular weight excluding hydrogens is 432 g/mol. The van der Waals surface area contributed by atoms with Crippen molar-refractivity contribution in [2.45, 2.75) is 5.54 Å². The fourth-order valence-electron chi connectivity index (χ4n) is 3.61. The van der Waals surface area contributed by atoms with E-state index in [1.54, 1.807) is 60.7 Å². The predicted octanol–water partition coefficient (Wildman–Crippen LogP) is 6.24. The summed E-state index contributed by atoms with van der Waals surface area (Å²) in [6, 6.07) is 22.6. The Kier molecular flexibility index (Phi) is 6.13. The standard InChI is InChI=1S/C26H18F4N2O/c27-19-11-13-23(21(29)15-19)31-25(33)26(17-7-3-1-4-8-17,18-9-5-2-6-10-18)32-24-14-12-20(28)16-22(24)30/h1-16,32H,(H,31,33). The van der Waals surface area contributed by atoms with E-state index in [9.17, 15) is 22.4 Å². The molecule has 0 aliphatic heterocycles. The third-order valence-corrected chi connectivity index (χ3v) is 5.19. The van der Waals surface area contributed by atoms with Gasteiger partial charge in [0.1, 0.15) is 23.3 Å². The van der Waals surface area contributed by atoms with Crippen molar-refractivity contribution in [3.05, 3.63) is 131 Å². The number of anilines is 2. The number of nitrogens with one attached hydrogen (secondary N) is 2. The average molecular weight is 450 g/mol. The molecular formula is C26H18F4N2O. The topological polar surface area (TPSA) is 41.1 Å². The first kappa shape index (κ1) is 22.1. The highest BCUT2D eigenvalue weighted by Crippen LogP contribution is 2.36. The molecule has 3 nitrogen and oxygen atoms in total. The van der Waals surface area contributed by atoms with Gasteiger partial charge in [0.05, 0.1) is 11.4 Å². The number of carbonyl (C=O) groups excluding carboxylic acids is 1. The fraction of sp³-hybridized carbons (Fsp3) is 0.0385. The van der Waals surface area contributed by atoms with Crippen LogP contribution in [-0.4, -0.2) is 5.91 Å². The van der Waals surface area contributed by atoms with Gasteiger partial charge in [-0.3, -0.25) is 4.79 Å². The van der Waals surface area contributed by atoms with Crippen LogP contribution in [0.25, 0.3) is 0 Å². The molecule has 0 saturated heterocycles. The zero-order valence-electron chi connectivity index (χ0n) is 17.2. The van der Waals surface area contributed by atoms with E-state index in [1.165, 1.54) is 6.07 Å². The molecule has 0 fully saturated rings. The van der Waals surface area contributed by atoms with Crippen molar-refractivity contribution < 1.29 is 22.4 Å². The lowest BCUT2D eigenvalue weighted by Crippen LogP contribution is -2.48. The molecule has 4 aromatic rings. The Morgan fingerprint density at radius 2 is 1.06 bits per heavy atom. The van der Waals surface area contributed by atoms with E-state index in [0.29, 0.717) is 23.3 Å². The third kappa shape index (κ3) is 4.43. The van der Waals surface area contributed by atoms with Gasteiger partial charge in [-0.05, 0) is 35.4 Å². The van der Waals surface area contributed by atoms with Crippen molar-refractivity contribution in [2.24, 2.45) is 0 Å². The van der Waals surface area contributed by atoms with Crippen molar-refractivity contribution >= 4 is 17.3 Å². The van der Waals surface area contributed by atoms with Crippen LogP contribution in [0.3, 0.4) is 0 Å². The van der Waals surface area contributed by atoms with Gasteiger partial charge in [0.15, 0.2) is 5.54 Å². The van der Waals surface area contributed by atoms with Crippen LogP contribution in [0.5, 0.6) is 0 Å². The molecule has 0 spiro atoms. The molecule has 0 aromatic heterocycles. The Balaban J connectivity index is 1.91. The molecule has 0 aliphatic rings. The zero-order valence-corrected chi connectivity index (χ0v) is 17.2. The Morgan fingerprint density at radius 3 is 1.52 bits per heavy atom. The molecule has 0 bridgehead atoms. The normalized spacial score (nSPS) is 11.2. The first-order chi connectivity index (χ1) is 15.9. The first-order valence-corrected chi connectivity index (χ1v) is 10.0. The summed E-state index contributed by atoms with van der Waals surface area (Å²) in [5, 5.41) is 5.41. The van der Waals surface area contributed by atoms with Crippen LogP contribution in [0, 0.1) is 23.3 Å². The Morgan fingerprint density at radius 1 is 0.606 bits per heavy atom. The van der Waals surface area contributed by atoms with Crippen LogP contribution in [0.1, 0.15) is 11.1 Å². The van der Waals surface area contributed by atoms with Crippen molar-refractivity contribution in [1.29, 1.82) is 0 Å². The molecule has 0 aliphatic carbocycles. The van der Waals surface area contributed by atoms with Gasteiger partial charge in [0.2, 0.25) is 0 Å². The molecule has 0 atom stereocenters. The van der Waals surface area contributed by atoms with E-state index < -0.39 is 34.7 Å². The van der Waals surface area contributed by atoms with Crippen LogP contribution in [0.4, 0.5) is 28.9 Å². The van der Waals surface area contributed by atoms with Crippen LogP contribution in [0.15, 0.2) is 97.1 Å². The molecule has 4 rings (SSSR count). The molecule has 0 saturated carbocycles. The van der Waals surface area contributed by atoms with Gasteiger partial charge >= 0.3 is 0 Å². The van der Waals surface area contributed by atoms with E-state index in [0.717, 1.165) is 18.2 Å². The van der Waals surface area contributed by atoms with Gasteiger partial charge in [-0.1, -0.05) is 60.7 Å². The molecule has 1 amide bonds.